The van der Waals surface area contributed by atoms with E-state index in [1.807, 2.05) is 12.1 Å². The maximum Gasteiger partial charge on any atom is 0.224 e. The van der Waals surface area contributed by atoms with Gasteiger partial charge in [-0.15, -0.1) is 11.6 Å². The van der Waals surface area contributed by atoms with Gasteiger partial charge in [-0.25, -0.2) is 0 Å². The Hall–Kier alpha value is -1.06. The molecule has 1 aliphatic heterocycles. The summed E-state index contributed by atoms with van der Waals surface area (Å²) in [5, 5.41) is 12.5. The first-order chi connectivity index (χ1) is 7.22. The molecule has 0 fully saturated rings. The van der Waals surface area contributed by atoms with Crippen LogP contribution in [0.2, 0.25) is 0 Å². The molecule has 2 rings (SSSR count). The Kier molecular flexibility index (Phi) is 2.93. The van der Waals surface area contributed by atoms with Crippen LogP contribution in [0, 0.1) is 0 Å². The van der Waals surface area contributed by atoms with Crippen molar-refractivity contribution in [3.8, 4) is 0 Å². The number of anilines is 1. The molecule has 15 heavy (non-hydrogen) atoms. The van der Waals surface area contributed by atoms with Gasteiger partial charge in [-0.1, -0.05) is 18.2 Å². The van der Waals surface area contributed by atoms with Crippen molar-refractivity contribution in [3.05, 3.63) is 29.3 Å². The molecule has 3 nitrogen and oxygen atoms in total. The summed E-state index contributed by atoms with van der Waals surface area (Å²) in [6.45, 7) is 0. The van der Waals surface area contributed by atoms with E-state index in [4.69, 9.17) is 11.6 Å². The monoisotopic (exact) mass is 225 g/mol. The number of aliphatic hydroxyl groups is 1. The number of rotatable bonds is 2. The second-order valence-electron chi connectivity index (χ2n) is 3.60. The average molecular weight is 226 g/mol. The minimum Gasteiger partial charge on any atom is -0.387 e. The number of aliphatic hydroxyl groups excluding tert-OH is 1. The molecule has 1 heterocycles. The summed E-state index contributed by atoms with van der Waals surface area (Å²) in [4.78, 5) is 11.3. The standard InChI is InChI=1S/C11H12ClNO2/c12-6-9(14)8-3-1-2-7-4-5-10(15)13-11(7)8/h1-3,9,14H,4-6H2,(H,13,15). The van der Waals surface area contributed by atoms with E-state index in [0.717, 1.165) is 17.7 Å². The highest BCUT2D eigenvalue weighted by atomic mass is 35.5. The third kappa shape index (κ3) is 1.98. The number of alkyl halides is 1. The molecule has 0 bridgehead atoms. The number of fused-ring (bicyclic) bond motifs is 1. The highest BCUT2D eigenvalue weighted by Crippen LogP contribution is 2.31. The third-order valence-electron chi connectivity index (χ3n) is 2.57. The molecule has 80 valence electrons. The molecular formula is C11H12ClNO2. The van der Waals surface area contributed by atoms with Gasteiger partial charge in [-0.2, -0.15) is 0 Å². The summed E-state index contributed by atoms with van der Waals surface area (Å²) in [6, 6.07) is 5.62. The maximum absolute atomic E-state index is 11.3. The predicted octanol–water partition coefficient (Wildman–Crippen LogP) is 1.84. The van der Waals surface area contributed by atoms with E-state index >= 15 is 0 Å². The molecule has 0 aromatic heterocycles. The fourth-order valence-electron chi connectivity index (χ4n) is 1.79. The molecule has 0 saturated carbocycles. The van der Waals surface area contributed by atoms with Gasteiger partial charge < -0.3 is 10.4 Å². The molecule has 1 atom stereocenters. The van der Waals surface area contributed by atoms with Gasteiger partial charge in [0.1, 0.15) is 0 Å². The molecule has 2 N–H and O–H groups in total. The molecule has 1 aromatic carbocycles. The smallest absolute Gasteiger partial charge is 0.224 e. The Labute approximate surface area is 93.1 Å². The van der Waals surface area contributed by atoms with E-state index in [0.29, 0.717) is 12.0 Å². The SMILES string of the molecule is O=C1CCc2cccc(C(O)CCl)c2N1. The van der Waals surface area contributed by atoms with Crippen molar-refractivity contribution in [3.63, 3.8) is 0 Å². The number of aryl methyl sites for hydroxylation is 1. The van der Waals surface area contributed by atoms with E-state index in [1.165, 1.54) is 0 Å². The zero-order valence-corrected chi connectivity index (χ0v) is 8.92. The molecular weight excluding hydrogens is 214 g/mol. The fourth-order valence-corrected chi connectivity index (χ4v) is 1.96. The molecule has 4 heteroatoms. The zero-order valence-electron chi connectivity index (χ0n) is 8.16. The van der Waals surface area contributed by atoms with Crippen molar-refractivity contribution in [2.24, 2.45) is 0 Å². The van der Waals surface area contributed by atoms with Gasteiger partial charge in [0.2, 0.25) is 5.91 Å². The van der Waals surface area contributed by atoms with Gasteiger partial charge >= 0.3 is 0 Å². The van der Waals surface area contributed by atoms with E-state index in [2.05, 4.69) is 5.32 Å². The molecule has 0 saturated heterocycles. The van der Waals surface area contributed by atoms with E-state index in [9.17, 15) is 9.90 Å². The minimum absolute atomic E-state index is 0.00303. The number of amides is 1. The Bertz CT molecular complexity index is 392. The van der Waals surface area contributed by atoms with Crippen molar-refractivity contribution in [2.45, 2.75) is 18.9 Å². The second-order valence-corrected chi connectivity index (χ2v) is 3.91. The summed E-state index contributed by atoms with van der Waals surface area (Å²) in [5.74, 6) is 0.128. The number of para-hydroxylation sites is 1. The van der Waals surface area contributed by atoms with Gasteiger partial charge in [0.25, 0.3) is 0 Å². The molecule has 0 radical (unpaired) electrons. The van der Waals surface area contributed by atoms with Crippen molar-refractivity contribution in [1.82, 2.24) is 0 Å². The Morgan fingerprint density at radius 3 is 3.00 bits per heavy atom. The molecule has 1 unspecified atom stereocenters. The lowest BCUT2D eigenvalue weighted by Crippen LogP contribution is -2.21. The summed E-state index contributed by atoms with van der Waals surface area (Å²) in [6.07, 6.45) is 0.511. The molecule has 1 amide bonds. The first-order valence-electron chi connectivity index (χ1n) is 4.88. The zero-order chi connectivity index (χ0) is 10.8. The number of hydrogen-bond donors (Lipinski definition) is 2. The summed E-state index contributed by atoms with van der Waals surface area (Å²) in [5.41, 5.74) is 2.51. The first kappa shape index (κ1) is 10.5. The lowest BCUT2D eigenvalue weighted by atomic mass is 9.97. The van der Waals surface area contributed by atoms with Crippen LogP contribution in [0.5, 0.6) is 0 Å². The van der Waals surface area contributed by atoms with Gasteiger partial charge in [0.15, 0.2) is 0 Å². The van der Waals surface area contributed by atoms with E-state index in [1.54, 1.807) is 6.07 Å². The molecule has 1 aliphatic rings. The lowest BCUT2D eigenvalue weighted by molar-refractivity contribution is -0.116. The van der Waals surface area contributed by atoms with Gasteiger partial charge in [0.05, 0.1) is 12.0 Å². The fraction of sp³-hybridized carbons (Fsp3) is 0.364. The Morgan fingerprint density at radius 1 is 1.47 bits per heavy atom. The van der Waals surface area contributed by atoms with Gasteiger partial charge in [-0.05, 0) is 12.0 Å². The third-order valence-corrected chi connectivity index (χ3v) is 2.87. The van der Waals surface area contributed by atoms with Crippen LogP contribution in [0.15, 0.2) is 18.2 Å². The number of nitrogens with one attached hydrogen (secondary N) is 1. The number of carbonyl (C=O) groups excluding carboxylic acids is 1. The maximum atomic E-state index is 11.3. The topological polar surface area (TPSA) is 49.3 Å². The summed E-state index contributed by atoms with van der Waals surface area (Å²) < 4.78 is 0. The van der Waals surface area contributed by atoms with E-state index in [-0.39, 0.29) is 11.8 Å². The molecule has 0 spiro atoms. The minimum atomic E-state index is -0.722. The van der Waals surface area contributed by atoms with Crippen LogP contribution in [-0.4, -0.2) is 16.9 Å². The number of hydrogen-bond acceptors (Lipinski definition) is 2. The Balaban J connectivity index is 2.43. The largest absolute Gasteiger partial charge is 0.387 e. The Morgan fingerprint density at radius 2 is 2.27 bits per heavy atom. The average Bonchev–Trinajstić information content (AvgIpc) is 2.27. The quantitative estimate of drug-likeness (QED) is 0.755. The van der Waals surface area contributed by atoms with Crippen LogP contribution in [0.4, 0.5) is 5.69 Å². The van der Waals surface area contributed by atoms with Crippen molar-refractivity contribution in [2.75, 3.05) is 11.2 Å². The van der Waals surface area contributed by atoms with Crippen LogP contribution in [0.3, 0.4) is 0 Å². The van der Waals surface area contributed by atoms with Crippen LogP contribution in [-0.2, 0) is 11.2 Å². The van der Waals surface area contributed by atoms with Crippen LogP contribution < -0.4 is 5.32 Å². The molecule has 0 aliphatic carbocycles. The summed E-state index contributed by atoms with van der Waals surface area (Å²) in [7, 11) is 0. The highest BCUT2D eigenvalue weighted by molar-refractivity contribution is 6.18. The van der Waals surface area contributed by atoms with Crippen molar-refractivity contribution >= 4 is 23.2 Å². The van der Waals surface area contributed by atoms with Crippen molar-refractivity contribution < 1.29 is 9.90 Å². The number of benzene rings is 1. The van der Waals surface area contributed by atoms with Crippen LogP contribution in [0.25, 0.3) is 0 Å². The second kappa shape index (κ2) is 4.21. The normalized spacial score (nSPS) is 16.8. The lowest BCUT2D eigenvalue weighted by Gasteiger charge is -2.21. The van der Waals surface area contributed by atoms with Crippen LogP contribution in [0.1, 0.15) is 23.7 Å². The van der Waals surface area contributed by atoms with Crippen molar-refractivity contribution in [1.29, 1.82) is 0 Å². The van der Waals surface area contributed by atoms with E-state index < -0.39 is 6.10 Å². The van der Waals surface area contributed by atoms with Gasteiger partial charge in [0, 0.05) is 17.7 Å². The number of carbonyl (C=O) groups is 1. The first-order valence-corrected chi connectivity index (χ1v) is 5.41. The van der Waals surface area contributed by atoms with Gasteiger partial charge in [-0.3, -0.25) is 4.79 Å². The predicted molar refractivity (Wildman–Crippen MR) is 59.1 cm³/mol. The number of halogens is 1. The molecule has 1 aromatic rings. The van der Waals surface area contributed by atoms with Crippen LogP contribution >= 0.6 is 11.6 Å². The highest BCUT2D eigenvalue weighted by Gasteiger charge is 2.20. The summed E-state index contributed by atoms with van der Waals surface area (Å²) >= 11 is 5.60.